The largest absolute Gasteiger partial charge is 0.491 e. The fraction of sp³-hybridized carbons (Fsp3) is 0.188. The van der Waals surface area contributed by atoms with Gasteiger partial charge in [-0.15, -0.1) is 11.3 Å². The van der Waals surface area contributed by atoms with E-state index < -0.39 is 6.10 Å². The summed E-state index contributed by atoms with van der Waals surface area (Å²) in [6.07, 6.45) is -0.107. The predicted molar refractivity (Wildman–Crippen MR) is 86.3 cm³/mol. The van der Waals surface area contributed by atoms with Crippen LogP contribution in [0.25, 0.3) is 10.2 Å². The highest BCUT2D eigenvalue weighted by atomic mass is 35.5. The van der Waals surface area contributed by atoms with Gasteiger partial charge in [0.25, 0.3) is 0 Å². The number of aliphatic hydroxyl groups is 1. The number of ether oxygens (including phenoxy) is 1. The smallest absolute Gasteiger partial charge is 0.120 e. The van der Waals surface area contributed by atoms with E-state index in [9.17, 15) is 5.11 Å². The average molecular weight is 320 g/mol. The van der Waals surface area contributed by atoms with E-state index in [1.807, 2.05) is 36.4 Å². The zero-order chi connectivity index (χ0) is 14.7. The second-order valence-electron chi connectivity index (χ2n) is 4.70. The standard InChI is InChI=1S/C16H14ClNO2S/c17-11-4-3-5-13(8-11)20-10-12(19)9-16-18-14-6-1-2-7-15(14)21-16/h1-8,12,19H,9-10H2. The molecular weight excluding hydrogens is 306 g/mol. The maximum absolute atomic E-state index is 10.1. The molecule has 0 amide bonds. The molecule has 0 aliphatic rings. The second-order valence-corrected chi connectivity index (χ2v) is 6.25. The van der Waals surface area contributed by atoms with Crippen molar-refractivity contribution in [2.24, 2.45) is 0 Å². The van der Waals surface area contributed by atoms with Crippen molar-refractivity contribution in [1.82, 2.24) is 4.98 Å². The Hall–Kier alpha value is -1.62. The molecule has 21 heavy (non-hydrogen) atoms. The van der Waals surface area contributed by atoms with E-state index in [0.29, 0.717) is 17.2 Å². The Kier molecular flexibility index (Phi) is 4.39. The highest BCUT2D eigenvalue weighted by molar-refractivity contribution is 7.18. The van der Waals surface area contributed by atoms with Gasteiger partial charge < -0.3 is 9.84 Å². The van der Waals surface area contributed by atoms with E-state index in [2.05, 4.69) is 4.98 Å². The number of hydrogen-bond acceptors (Lipinski definition) is 4. The normalized spacial score (nSPS) is 12.5. The van der Waals surface area contributed by atoms with E-state index >= 15 is 0 Å². The first kappa shape index (κ1) is 14.3. The summed E-state index contributed by atoms with van der Waals surface area (Å²) in [5, 5.41) is 11.6. The third kappa shape index (κ3) is 3.73. The van der Waals surface area contributed by atoms with Gasteiger partial charge >= 0.3 is 0 Å². The lowest BCUT2D eigenvalue weighted by Gasteiger charge is -2.11. The Morgan fingerprint density at radius 1 is 1.19 bits per heavy atom. The molecule has 1 aromatic heterocycles. The summed E-state index contributed by atoms with van der Waals surface area (Å²) in [5.41, 5.74) is 0.973. The van der Waals surface area contributed by atoms with Crippen LogP contribution >= 0.6 is 22.9 Å². The summed E-state index contributed by atoms with van der Waals surface area (Å²) in [4.78, 5) is 4.50. The highest BCUT2D eigenvalue weighted by Gasteiger charge is 2.11. The molecule has 0 saturated carbocycles. The van der Waals surface area contributed by atoms with E-state index in [1.165, 1.54) is 0 Å². The maximum Gasteiger partial charge on any atom is 0.120 e. The molecule has 0 fully saturated rings. The number of thiazole rings is 1. The highest BCUT2D eigenvalue weighted by Crippen LogP contribution is 2.23. The van der Waals surface area contributed by atoms with Crippen LogP contribution < -0.4 is 4.74 Å². The number of fused-ring (bicyclic) bond motifs is 1. The van der Waals surface area contributed by atoms with Gasteiger partial charge in [0.2, 0.25) is 0 Å². The van der Waals surface area contributed by atoms with Gasteiger partial charge in [-0.25, -0.2) is 4.98 Å². The van der Waals surface area contributed by atoms with Crippen molar-refractivity contribution in [3.8, 4) is 5.75 Å². The molecule has 0 spiro atoms. The van der Waals surface area contributed by atoms with Gasteiger partial charge in [-0.1, -0.05) is 29.8 Å². The van der Waals surface area contributed by atoms with Crippen LogP contribution in [0, 0.1) is 0 Å². The Balaban J connectivity index is 1.59. The van der Waals surface area contributed by atoms with Gasteiger partial charge in [0.1, 0.15) is 12.4 Å². The molecular formula is C16H14ClNO2S. The minimum absolute atomic E-state index is 0.219. The number of aliphatic hydroxyl groups excluding tert-OH is 1. The number of aromatic nitrogens is 1. The van der Waals surface area contributed by atoms with Gasteiger partial charge in [0.05, 0.1) is 21.3 Å². The third-order valence-electron chi connectivity index (χ3n) is 2.99. The van der Waals surface area contributed by atoms with Crippen molar-refractivity contribution < 1.29 is 9.84 Å². The average Bonchev–Trinajstić information content (AvgIpc) is 2.87. The number of para-hydroxylation sites is 1. The zero-order valence-corrected chi connectivity index (χ0v) is 12.8. The van der Waals surface area contributed by atoms with Crippen LogP contribution in [-0.4, -0.2) is 22.8 Å². The summed E-state index contributed by atoms with van der Waals surface area (Å²) in [5.74, 6) is 0.658. The lowest BCUT2D eigenvalue weighted by atomic mass is 10.3. The third-order valence-corrected chi connectivity index (χ3v) is 4.28. The number of halogens is 1. The lowest BCUT2D eigenvalue weighted by Crippen LogP contribution is -2.20. The van der Waals surface area contributed by atoms with Crippen LogP contribution in [0.4, 0.5) is 0 Å². The Labute approximate surface area is 131 Å². The maximum atomic E-state index is 10.1. The molecule has 1 atom stereocenters. The number of nitrogens with zero attached hydrogens (tertiary/aromatic N) is 1. The minimum atomic E-state index is -0.593. The van der Waals surface area contributed by atoms with Gasteiger partial charge in [-0.2, -0.15) is 0 Å². The SMILES string of the molecule is OC(COc1cccc(Cl)c1)Cc1nc2ccccc2s1. The topological polar surface area (TPSA) is 42.4 Å². The van der Waals surface area contributed by atoms with Crippen molar-refractivity contribution in [3.05, 3.63) is 58.6 Å². The van der Waals surface area contributed by atoms with Crippen LogP contribution in [0.5, 0.6) is 5.75 Å². The first-order chi connectivity index (χ1) is 10.2. The first-order valence-corrected chi connectivity index (χ1v) is 7.81. The molecule has 108 valence electrons. The zero-order valence-electron chi connectivity index (χ0n) is 11.2. The van der Waals surface area contributed by atoms with Gasteiger partial charge in [-0.05, 0) is 30.3 Å². The summed E-state index contributed by atoms with van der Waals surface area (Å²) >= 11 is 7.49. The summed E-state index contributed by atoms with van der Waals surface area (Å²) in [7, 11) is 0. The molecule has 0 saturated heterocycles. The van der Waals surface area contributed by atoms with E-state index in [0.717, 1.165) is 15.2 Å². The van der Waals surface area contributed by atoms with Crippen molar-refractivity contribution in [2.75, 3.05) is 6.61 Å². The fourth-order valence-electron chi connectivity index (χ4n) is 2.02. The molecule has 2 aromatic carbocycles. The van der Waals surface area contributed by atoms with Crippen molar-refractivity contribution in [3.63, 3.8) is 0 Å². The molecule has 3 nitrogen and oxygen atoms in total. The lowest BCUT2D eigenvalue weighted by molar-refractivity contribution is 0.108. The van der Waals surface area contributed by atoms with Crippen molar-refractivity contribution in [1.29, 1.82) is 0 Å². The van der Waals surface area contributed by atoms with Crippen LogP contribution in [-0.2, 0) is 6.42 Å². The Morgan fingerprint density at radius 3 is 2.86 bits per heavy atom. The van der Waals surface area contributed by atoms with E-state index in [4.69, 9.17) is 16.3 Å². The van der Waals surface area contributed by atoms with E-state index in [1.54, 1.807) is 23.5 Å². The Bertz CT molecular complexity index is 711. The van der Waals surface area contributed by atoms with Crippen LogP contribution in [0.3, 0.4) is 0 Å². The molecule has 3 rings (SSSR count). The summed E-state index contributed by atoms with van der Waals surface area (Å²) in [6.45, 7) is 0.219. The van der Waals surface area contributed by atoms with Crippen LogP contribution in [0.1, 0.15) is 5.01 Å². The first-order valence-electron chi connectivity index (χ1n) is 6.61. The summed E-state index contributed by atoms with van der Waals surface area (Å²) < 4.78 is 6.67. The predicted octanol–water partition coefficient (Wildman–Crippen LogP) is 3.93. The minimum Gasteiger partial charge on any atom is -0.491 e. The van der Waals surface area contributed by atoms with Gasteiger partial charge in [0, 0.05) is 11.4 Å². The monoisotopic (exact) mass is 319 g/mol. The number of benzene rings is 2. The quantitative estimate of drug-likeness (QED) is 0.774. The van der Waals surface area contributed by atoms with Crippen molar-refractivity contribution >= 4 is 33.2 Å². The number of rotatable bonds is 5. The molecule has 1 heterocycles. The number of hydrogen-bond donors (Lipinski definition) is 1. The van der Waals surface area contributed by atoms with Crippen LogP contribution in [0.15, 0.2) is 48.5 Å². The fourth-order valence-corrected chi connectivity index (χ4v) is 3.24. The Morgan fingerprint density at radius 2 is 2.05 bits per heavy atom. The molecule has 1 unspecified atom stereocenters. The molecule has 0 aliphatic carbocycles. The molecule has 0 bridgehead atoms. The van der Waals surface area contributed by atoms with Crippen molar-refractivity contribution in [2.45, 2.75) is 12.5 Å². The molecule has 3 aromatic rings. The second kappa shape index (κ2) is 6.43. The molecule has 0 aliphatic heterocycles. The molecule has 1 N–H and O–H groups in total. The van der Waals surface area contributed by atoms with Gasteiger partial charge in [0.15, 0.2) is 0 Å². The molecule has 5 heteroatoms. The molecule has 0 radical (unpaired) electrons. The van der Waals surface area contributed by atoms with Crippen LogP contribution in [0.2, 0.25) is 5.02 Å². The van der Waals surface area contributed by atoms with Gasteiger partial charge in [-0.3, -0.25) is 0 Å². The summed E-state index contributed by atoms with van der Waals surface area (Å²) in [6, 6.07) is 15.1. The van der Waals surface area contributed by atoms with E-state index in [-0.39, 0.29) is 6.61 Å².